The van der Waals surface area contributed by atoms with Gasteiger partial charge in [-0.15, -0.1) is 0 Å². The van der Waals surface area contributed by atoms with Crippen LogP contribution in [0, 0.1) is 23.7 Å². The van der Waals surface area contributed by atoms with Crippen LogP contribution in [0.1, 0.15) is 79.0 Å². The number of rotatable bonds is 3. The number of nitrogens with zero attached hydrogens (tertiary/aromatic N) is 2. The highest BCUT2D eigenvalue weighted by Gasteiger charge is 2.25. The lowest BCUT2D eigenvalue weighted by Gasteiger charge is -2.27. The topological polar surface area (TPSA) is 66.9 Å². The van der Waals surface area contributed by atoms with Gasteiger partial charge >= 0.3 is 0 Å². The van der Waals surface area contributed by atoms with Crippen LogP contribution < -0.4 is 4.90 Å². The molecule has 0 spiro atoms. The third kappa shape index (κ3) is 11.2. The third-order valence-corrected chi connectivity index (χ3v) is 5.46. The van der Waals surface area contributed by atoms with Gasteiger partial charge in [-0.3, -0.25) is 19.3 Å². The van der Waals surface area contributed by atoms with Gasteiger partial charge < -0.3 is 9.64 Å². The molecule has 0 bridgehead atoms. The number of ether oxygens (including phenoxy) is 1. The molecule has 0 radical (unpaired) electrons. The fraction of sp³-hybridized carbons (Fsp3) is 0.441. The van der Waals surface area contributed by atoms with Crippen molar-refractivity contribution in [1.29, 1.82) is 0 Å². The lowest BCUT2D eigenvalue weighted by molar-refractivity contribution is -0.138. The van der Waals surface area contributed by atoms with Crippen molar-refractivity contribution < 1.29 is 19.1 Å². The van der Waals surface area contributed by atoms with Crippen LogP contribution in [0.3, 0.4) is 0 Å². The summed E-state index contributed by atoms with van der Waals surface area (Å²) in [4.78, 5) is 37.4. The Morgan fingerprint density at radius 3 is 1.68 bits per heavy atom. The minimum absolute atomic E-state index is 0.0324. The minimum atomic E-state index is -0.208. The number of carbonyl (C=O) groups is 3. The van der Waals surface area contributed by atoms with Crippen molar-refractivity contribution in [1.82, 2.24) is 4.90 Å². The molecule has 2 aromatic carbocycles. The molecule has 0 aliphatic carbocycles. The average Bonchev–Trinajstić information content (AvgIpc) is 3.23. The summed E-state index contributed by atoms with van der Waals surface area (Å²) < 4.78 is 4.75. The molecule has 2 aliphatic rings. The van der Waals surface area contributed by atoms with Crippen molar-refractivity contribution in [3.63, 3.8) is 0 Å². The van der Waals surface area contributed by atoms with E-state index in [9.17, 15) is 14.4 Å². The molecular weight excluding hydrogens is 500 g/mol. The zero-order valence-electron chi connectivity index (χ0n) is 25.8. The maximum atomic E-state index is 12.6. The number of hydrogen-bond donors (Lipinski definition) is 0. The highest BCUT2D eigenvalue weighted by molar-refractivity contribution is 6.13. The largest absolute Gasteiger partial charge is 0.382 e. The fourth-order valence-electron chi connectivity index (χ4n) is 3.41. The molecule has 216 valence electrons. The van der Waals surface area contributed by atoms with Crippen LogP contribution in [0.15, 0.2) is 60.7 Å². The van der Waals surface area contributed by atoms with Crippen molar-refractivity contribution in [3.05, 3.63) is 77.4 Å². The number of para-hydroxylation sites is 1. The van der Waals surface area contributed by atoms with E-state index >= 15 is 0 Å². The summed E-state index contributed by atoms with van der Waals surface area (Å²) in [6.45, 7) is 18.5. The molecule has 0 aromatic heterocycles. The number of imide groups is 1. The van der Waals surface area contributed by atoms with Crippen molar-refractivity contribution in [2.24, 2.45) is 11.8 Å². The predicted molar refractivity (Wildman–Crippen MR) is 164 cm³/mol. The van der Waals surface area contributed by atoms with Gasteiger partial charge in [0, 0.05) is 42.3 Å². The van der Waals surface area contributed by atoms with E-state index in [2.05, 4.69) is 32.6 Å². The van der Waals surface area contributed by atoms with Crippen LogP contribution >= 0.6 is 0 Å². The van der Waals surface area contributed by atoms with Gasteiger partial charge in [-0.1, -0.05) is 76.8 Å². The van der Waals surface area contributed by atoms with Crippen LogP contribution in [0.25, 0.3) is 0 Å². The van der Waals surface area contributed by atoms with Crippen LogP contribution in [0.2, 0.25) is 0 Å². The SMILES string of the molecule is CC(C)C.CC(C)C(=O)N1Cc2ccccc2C#Cc2ccccc21.CC(C)N1C(=O)C=CC1=O.COC(C)C. The van der Waals surface area contributed by atoms with Crippen LogP contribution in [0.5, 0.6) is 0 Å². The van der Waals surface area contributed by atoms with E-state index in [1.165, 1.54) is 17.1 Å². The monoisotopic (exact) mass is 546 g/mol. The number of methoxy groups -OCH3 is 1. The molecule has 0 saturated heterocycles. The maximum absolute atomic E-state index is 12.6. The van der Waals surface area contributed by atoms with Gasteiger partial charge in [0.15, 0.2) is 0 Å². The van der Waals surface area contributed by atoms with Gasteiger partial charge in [0.05, 0.1) is 18.3 Å². The zero-order chi connectivity index (χ0) is 30.4. The Hall–Kier alpha value is -3.69. The Balaban J connectivity index is 0.000000348. The first-order chi connectivity index (χ1) is 18.8. The Labute approximate surface area is 241 Å². The van der Waals surface area contributed by atoms with Crippen molar-refractivity contribution in [3.8, 4) is 11.8 Å². The summed E-state index contributed by atoms with van der Waals surface area (Å²) in [5.74, 6) is 6.92. The van der Waals surface area contributed by atoms with Crippen molar-refractivity contribution in [2.75, 3.05) is 12.0 Å². The zero-order valence-corrected chi connectivity index (χ0v) is 25.8. The summed E-state index contributed by atoms with van der Waals surface area (Å²) in [7, 11) is 1.70. The molecular formula is C34H46N2O4. The molecule has 4 rings (SSSR count). The van der Waals surface area contributed by atoms with E-state index in [0.29, 0.717) is 12.6 Å². The van der Waals surface area contributed by atoms with Crippen LogP contribution in [0.4, 0.5) is 5.69 Å². The molecule has 40 heavy (non-hydrogen) atoms. The summed E-state index contributed by atoms with van der Waals surface area (Å²) in [6, 6.07) is 15.8. The second kappa shape index (κ2) is 17.1. The highest BCUT2D eigenvalue weighted by Crippen LogP contribution is 2.26. The molecule has 6 heteroatoms. The maximum Gasteiger partial charge on any atom is 0.253 e. The molecule has 6 nitrogen and oxygen atoms in total. The lowest BCUT2D eigenvalue weighted by Crippen LogP contribution is -2.36. The molecule has 0 fully saturated rings. The van der Waals surface area contributed by atoms with Gasteiger partial charge in [0.1, 0.15) is 0 Å². The summed E-state index contributed by atoms with van der Waals surface area (Å²) in [5.41, 5.74) is 3.89. The van der Waals surface area contributed by atoms with E-state index in [1.54, 1.807) is 7.11 Å². The first-order valence-electron chi connectivity index (χ1n) is 13.9. The van der Waals surface area contributed by atoms with Crippen molar-refractivity contribution >= 4 is 23.4 Å². The average molecular weight is 547 g/mol. The summed E-state index contributed by atoms with van der Waals surface area (Å²) in [6.07, 6.45) is 2.97. The number of hydrogen-bond acceptors (Lipinski definition) is 4. The van der Waals surface area contributed by atoms with E-state index in [1.807, 2.05) is 95.0 Å². The van der Waals surface area contributed by atoms with Gasteiger partial charge in [0.25, 0.3) is 11.8 Å². The molecule has 2 aliphatic heterocycles. The van der Waals surface area contributed by atoms with Crippen LogP contribution in [-0.2, 0) is 25.7 Å². The Morgan fingerprint density at radius 1 is 0.775 bits per heavy atom. The number of amides is 3. The summed E-state index contributed by atoms with van der Waals surface area (Å²) >= 11 is 0. The molecule has 0 N–H and O–H groups in total. The van der Waals surface area contributed by atoms with Gasteiger partial charge in [-0.2, -0.15) is 0 Å². The van der Waals surface area contributed by atoms with E-state index in [-0.39, 0.29) is 29.7 Å². The smallest absolute Gasteiger partial charge is 0.253 e. The fourth-order valence-corrected chi connectivity index (χ4v) is 3.41. The molecule has 2 heterocycles. The number of carbonyl (C=O) groups excluding carboxylic acids is 3. The molecule has 0 unspecified atom stereocenters. The first-order valence-corrected chi connectivity index (χ1v) is 13.9. The quantitative estimate of drug-likeness (QED) is 0.321. The second-order valence-corrected chi connectivity index (χ2v) is 11.0. The number of anilines is 1. The van der Waals surface area contributed by atoms with Gasteiger partial charge in [-0.25, -0.2) is 0 Å². The van der Waals surface area contributed by atoms with Gasteiger partial charge in [-0.05, 0) is 57.4 Å². The van der Waals surface area contributed by atoms with Gasteiger partial charge in [0.2, 0.25) is 5.91 Å². The number of fused-ring (bicyclic) bond motifs is 2. The Kier molecular flexibility index (Phi) is 14.7. The standard InChI is InChI=1S/C19H17NO.C7H9NO2.C4H10O.C4H10/c1-14(2)19(21)20-13-17-9-4-3-7-15(17)11-12-16-8-5-6-10-18(16)20;1-5(2)8-6(9)3-4-7(8)10;1-4(2)5-3;1-4(2)3/h3-10,14H,13H2,1-2H3;3-5H,1-2H3;4H,1-3H3;4H,1-3H3. The molecule has 0 atom stereocenters. The summed E-state index contributed by atoms with van der Waals surface area (Å²) in [5, 5.41) is 0. The normalized spacial score (nSPS) is 13.2. The molecule has 0 saturated carbocycles. The number of benzene rings is 2. The van der Waals surface area contributed by atoms with Crippen molar-refractivity contribution in [2.45, 2.75) is 81.0 Å². The third-order valence-electron chi connectivity index (χ3n) is 5.46. The van der Waals surface area contributed by atoms with E-state index in [0.717, 1.165) is 28.3 Å². The Bertz CT molecular complexity index is 1190. The predicted octanol–water partition coefficient (Wildman–Crippen LogP) is 6.61. The lowest BCUT2D eigenvalue weighted by atomic mass is 10.0. The minimum Gasteiger partial charge on any atom is -0.382 e. The molecule has 3 amide bonds. The Morgan fingerprint density at radius 2 is 1.23 bits per heavy atom. The molecule has 2 aromatic rings. The van der Waals surface area contributed by atoms with E-state index < -0.39 is 0 Å². The first kappa shape index (κ1) is 34.3. The van der Waals surface area contributed by atoms with E-state index in [4.69, 9.17) is 4.74 Å². The van der Waals surface area contributed by atoms with Crippen LogP contribution in [-0.4, -0.2) is 41.9 Å². The second-order valence-electron chi connectivity index (χ2n) is 11.0. The highest BCUT2D eigenvalue weighted by atomic mass is 16.5.